The SMILES string of the molecule is CC1(C(Cc2ccc(F)c(Br)c2)NN)CCCO1. The van der Waals surface area contributed by atoms with Crippen molar-refractivity contribution < 1.29 is 9.13 Å². The summed E-state index contributed by atoms with van der Waals surface area (Å²) < 4.78 is 19.5. The maximum Gasteiger partial charge on any atom is 0.137 e. The standard InChI is InChI=1S/C13H18BrFN2O/c1-13(5-2-6-18-13)12(17-16)8-9-3-4-11(15)10(14)7-9/h3-4,7,12,17H,2,5-6,8,16H2,1H3. The van der Waals surface area contributed by atoms with Gasteiger partial charge in [0.1, 0.15) is 5.82 Å². The highest BCUT2D eigenvalue weighted by molar-refractivity contribution is 9.10. The summed E-state index contributed by atoms with van der Waals surface area (Å²) in [5.41, 5.74) is 3.62. The Bertz CT molecular complexity index is 421. The van der Waals surface area contributed by atoms with Gasteiger partial charge in [0, 0.05) is 6.61 Å². The van der Waals surface area contributed by atoms with Crippen molar-refractivity contribution in [3.8, 4) is 0 Å². The van der Waals surface area contributed by atoms with Crippen LogP contribution in [0.1, 0.15) is 25.3 Å². The largest absolute Gasteiger partial charge is 0.374 e. The van der Waals surface area contributed by atoms with E-state index in [0.717, 1.165) is 25.0 Å². The molecule has 2 rings (SSSR count). The van der Waals surface area contributed by atoms with Gasteiger partial charge in [-0.15, -0.1) is 0 Å². The fraction of sp³-hybridized carbons (Fsp3) is 0.538. The molecule has 0 aliphatic carbocycles. The minimum atomic E-state index is -0.251. The van der Waals surface area contributed by atoms with Gasteiger partial charge in [-0.05, 0) is 59.8 Å². The van der Waals surface area contributed by atoms with Gasteiger partial charge in [-0.1, -0.05) is 6.07 Å². The first kappa shape index (κ1) is 13.9. The molecule has 3 nitrogen and oxygen atoms in total. The molecule has 1 aliphatic heterocycles. The third kappa shape index (κ3) is 2.91. The average molecular weight is 317 g/mol. The third-order valence-electron chi connectivity index (χ3n) is 3.61. The van der Waals surface area contributed by atoms with Crippen LogP contribution in [-0.2, 0) is 11.2 Å². The van der Waals surface area contributed by atoms with Crippen LogP contribution in [-0.4, -0.2) is 18.2 Å². The predicted molar refractivity (Wildman–Crippen MR) is 72.5 cm³/mol. The molecule has 18 heavy (non-hydrogen) atoms. The second-order valence-electron chi connectivity index (χ2n) is 4.94. The van der Waals surface area contributed by atoms with Gasteiger partial charge in [0.25, 0.3) is 0 Å². The van der Waals surface area contributed by atoms with Crippen molar-refractivity contribution in [2.75, 3.05) is 6.61 Å². The summed E-state index contributed by atoms with van der Waals surface area (Å²) in [7, 11) is 0. The Morgan fingerprint density at radius 2 is 2.39 bits per heavy atom. The van der Waals surface area contributed by atoms with Gasteiger partial charge in [-0.25, -0.2) is 4.39 Å². The summed E-state index contributed by atoms with van der Waals surface area (Å²) in [6, 6.07) is 5.06. The van der Waals surface area contributed by atoms with Crippen LogP contribution in [0.3, 0.4) is 0 Å². The molecule has 0 saturated carbocycles. The summed E-state index contributed by atoms with van der Waals surface area (Å²) >= 11 is 3.20. The monoisotopic (exact) mass is 316 g/mol. The van der Waals surface area contributed by atoms with Gasteiger partial charge in [0.15, 0.2) is 0 Å². The van der Waals surface area contributed by atoms with E-state index in [9.17, 15) is 4.39 Å². The van der Waals surface area contributed by atoms with Gasteiger partial charge >= 0.3 is 0 Å². The lowest BCUT2D eigenvalue weighted by molar-refractivity contribution is -0.0115. The van der Waals surface area contributed by atoms with Gasteiger partial charge in [0.2, 0.25) is 0 Å². The highest BCUT2D eigenvalue weighted by Crippen LogP contribution is 2.30. The number of hydrogen-bond acceptors (Lipinski definition) is 3. The van der Waals surface area contributed by atoms with Gasteiger partial charge in [-0.3, -0.25) is 11.3 Å². The van der Waals surface area contributed by atoms with Crippen molar-refractivity contribution in [3.05, 3.63) is 34.1 Å². The zero-order valence-corrected chi connectivity index (χ0v) is 12.0. The summed E-state index contributed by atoms with van der Waals surface area (Å²) in [5, 5.41) is 0. The summed E-state index contributed by atoms with van der Waals surface area (Å²) in [6.07, 6.45) is 2.76. The Labute approximate surface area is 115 Å². The minimum absolute atomic E-state index is 0.0253. The Hall–Kier alpha value is -0.490. The average Bonchev–Trinajstić information content (AvgIpc) is 2.78. The first-order valence-electron chi connectivity index (χ1n) is 6.09. The van der Waals surface area contributed by atoms with E-state index >= 15 is 0 Å². The third-order valence-corrected chi connectivity index (χ3v) is 4.22. The number of nitrogens with two attached hydrogens (primary N) is 1. The second-order valence-corrected chi connectivity index (χ2v) is 5.79. The molecule has 1 heterocycles. The first-order chi connectivity index (χ1) is 8.55. The number of nitrogens with one attached hydrogen (secondary N) is 1. The van der Waals surface area contributed by atoms with Crippen LogP contribution in [0.15, 0.2) is 22.7 Å². The van der Waals surface area contributed by atoms with Crippen LogP contribution >= 0.6 is 15.9 Å². The lowest BCUT2D eigenvalue weighted by Crippen LogP contribution is -2.52. The lowest BCUT2D eigenvalue weighted by atomic mass is 9.89. The molecule has 5 heteroatoms. The lowest BCUT2D eigenvalue weighted by Gasteiger charge is -2.33. The maximum atomic E-state index is 13.2. The number of hydrazine groups is 1. The van der Waals surface area contributed by atoms with Crippen molar-refractivity contribution in [1.29, 1.82) is 0 Å². The van der Waals surface area contributed by atoms with Crippen LogP contribution in [0.25, 0.3) is 0 Å². The zero-order valence-electron chi connectivity index (χ0n) is 10.4. The molecule has 3 N–H and O–H groups in total. The van der Waals surface area contributed by atoms with Crippen LogP contribution in [0.2, 0.25) is 0 Å². The molecule has 0 radical (unpaired) electrons. The fourth-order valence-corrected chi connectivity index (χ4v) is 2.86. The summed E-state index contributed by atoms with van der Waals surface area (Å²) in [5.74, 6) is 5.39. The van der Waals surface area contributed by atoms with E-state index in [2.05, 4.69) is 28.3 Å². The zero-order chi connectivity index (χ0) is 13.2. The molecule has 0 spiro atoms. The van der Waals surface area contributed by atoms with E-state index in [-0.39, 0.29) is 17.5 Å². The quantitative estimate of drug-likeness (QED) is 0.663. The Balaban J connectivity index is 2.12. The number of halogens is 2. The molecular formula is C13H18BrFN2O. The van der Waals surface area contributed by atoms with Crippen LogP contribution in [0, 0.1) is 5.82 Å². The molecule has 1 aliphatic rings. The van der Waals surface area contributed by atoms with Crippen molar-refractivity contribution in [2.45, 2.75) is 37.8 Å². The Kier molecular flexibility index (Phi) is 4.37. The number of rotatable bonds is 4. The van der Waals surface area contributed by atoms with E-state index in [1.165, 1.54) is 6.07 Å². The van der Waals surface area contributed by atoms with Crippen molar-refractivity contribution in [2.24, 2.45) is 5.84 Å². The molecule has 0 bridgehead atoms. The van der Waals surface area contributed by atoms with E-state index in [1.54, 1.807) is 12.1 Å². The van der Waals surface area contributed by atoms with E-state index < -0.39 is 0 Å². The molecule has 1 aromatic rings. The maximum absolute atomic E-state index is 13.2. The normalized spacial score (nSPS) is 25.3. The predicted octanol–water partition coefficient (Wildman–Crippen LogP) is 2.53. The van der Waals surface area contributed by atoms with Gasteiger partial charge in [0.05, 0.1) is 16.1 Å². The molecule has 2 atom stereocenters. The van der Waals surface area contributed by atoms with Crippen molar-refractivity contribution >= 4 is 15.9 Å². The highest BCUT2D eigenvalue weighted by atomic mass is 79.9. The molecule has 0 aromatic heterocycles. The molecule has 1 saturated heterocycles. The fourth-order valence-electron chi connectivity index (χ4n) is 2.43. The van der Waals surface area contributed by atoms with Crippen molar-refractivity contribution in [3.63, 3.8) is 0 Å². The summed E-state index contributed by atoms with van der Waals surface area (Å²) in [6.45, 7) is 2.85. The van der Waals surface area contributed by atoms with E-state index in [0.29, 0.717) is 10.9 Å². The van der Waals surface area contributed by atoms with E-state index in [1.807, 2.05) is 0 Å². The van der Waals surface area contributed by atoms with Crippen LogP contribution in [0.4, 0.5) is 4.39 Å². The number of ether oxygens (including phenoxy) is 1. The van der Waals surface area contributed by atoms with Gasteiger partial charge in [-0.2, -0.15) is 0 Å². The molecular weight excluding hydrogens is 299 g/mol. The smallest absolute Gasteiger partial charge is 0.137 e. The molecule has 2 unspecified atom stereocenters. The summed E-state index contributed by atoms with van der Waals surface area (Å²) in [4.78, 5) is 0. The molecule has 1 fully saturated rings. The highest BCUT2D eigenvalue weighted by Gasteiger charge is 2.37. The minimum Gasteiger partial charge on any atom is -0.374 e. The number of benzene rings is 1. The molecule has 1 aromatic carbocycles. The van der Waals surface area contributed by atoms with E-state index in [4.69, 9.17) is 10.6 Å². The van der Waals surface area contributed by atoms with Gasteiger partial charge < -0.3 is 4.74 Å². The molecule has 100 valence electrons. The Morgan fingerprint density at radius 1 is 1.61 bits per heavy atom. The Morgan fingerprint density at radius 3 is 2.94 bits per heavy atom. The topological polar surface area (TPSA) is 47.3 Å². The van der Waals surface area contributed by atoms with Crippen LogP contribution in [0.5, 0.6) is 0 Å². The number of hydrogen-bond donors (Lipinski definition) is 2. The second kappa shape index (κ2) is 5.65. The first-order valence-corrected chi connectivity index (χ1v) is 6.88. The van der Waals surface area contributed by atoms with Crippen LogP contribution < -0.4 is 11.3 Å². The van der Waals surface area contributed by atoms with Crippen molar-refractivity contribution in [1.82, 2.24) is 5.43 Å². The molecule has 0 amide bonds.